The Morgan fingerprint density at radius 1 is 1.42 bits per heavy atom. The first kappa shape index (κ1) is 15.2. The van der Waals surface area contributed by atoms with Gasteiger partial charge in [0.05, 0.1) is 5.69 Å². The van der Waals surface area contributed by atoms with E-state index < -0.39 is 5.97 Å². The van der Waals surface area contributed by atoms with E-state index in [0.29, 0.717) is 25.1 Å². The van der Waals surface area contributed by atoms with Crippen molar-refractivity contribution in [3.8, 4) is 0 Å². The van der Waals surface area contributed by atoms with Gasteiger partial charge in [-0.15, -0.1) is 0 Å². The SMILES string of the molecule is Cc1ncoc1C(=O)NCCC(C)(C)CCC(=O)O. The number of carboxylic acids is 1. The van der Waals surface area contributed by atoms with Crippen molar-refractivity contribution in [1.29, 1.82) is 0 Å². The van der Waals surface area contributed by atoms with E-state index in [4.69, 9.17) is 9.52 Å². The summed E-state index contributed by atoms with van der Waals surface area (Å²) in [6, 6.07) is 0. The lowest BCUT2D eigenvalue weighted by atomic mass is 9.84. The van der Waals surface area contributed by atoms with Gasteiger partial charge in [-0.2, -0.15) is 0 Å². The van der Waals surface area contributed by atoms with E-state index in [9.17, 15) is 9.59 Å². The number of nitrogens with zero attached hydrogens (tertiary/aromatic N) is 1. The van der Waals surface area contributed by atoms with Crippen molar-refractivity contribution in [3.63, 3.8) is 0 Å². The topological polar surface area (TPSA) is 92.4 Å². The number of carboxylic acid groups (broad SMARTS) is 1. The zero-order valence-corrected chi connectivity index (χ0v) is 11.5. The summed E-state index contributed by atoms with van der Waals surface area (Å²) in [7, 11) is 0. The molecule has 1 heterocycles. The van der Waals surface area contributed by atoms with Gasteiger partial charge < -0.3 is 14.8 Å². The van der Waals surface area contributed by atoms with Crippen LogP contribution in [0.2, 0.25) is 0 Å². The summed E-state index contributed by atoms with van der Waals surface area (Å²) in [5.74, 6) is -0.859. The van der Waals surface area contributed by atoms with Crippen LogP contribution in [0, 0.1) is 12.3 Å². The Hall–Kier alpha value is -1.85. The van der Waals surface area contributed by atoms with Crippen LogP contribution < -0.4 is 5.32 Å². The van der Waals surface area contributed by atoms with Crippen LogP contribution in [0.25, 0.3) is 0 Å². The number of oxazole rings is 1. The normalized spacial score (nSPS) is 11.3. The molecular weight excluding hydrogens is 248 g/mol. The first-order valence-electron chi connectivity index (χ1n) is 6.22. The molecule has 1 aromatic rings. The highest BCUT2D eigenvalue weighted by Gasteiger charge is 2.20. The lowest BCUT2D eigenvalue weighted by molar-refractivity contribution is -0.137. The fourth-order valence-electron chi connectivity index (χ4n) is 1.68. The van der Waals surface area contributed by atoms with Crippen molar-refractivity contribution in [2.24, 2.45) is 5.41 Å². The highest BCUT2D eigenvalue weighted by Crippen LogP contribution is 2.26. The molecule has 0 atom stereocenters. The second-order valence-electron chi connectivity index (χ2n) is 5.33. The van der Waals surface area contributed by atoms with Crippen molar-refractivity contribution < 1.29 is 19.1 Å². The van der Waals surface area contributed by atoms with Gasteiger partial charge in [-0.3, -0.25) is 9.59 Å². The summed E-state index contributed by atoms with van der Waals surface area (Å²) in [4.78, 5) is 26.1. The van der Waals surface area contributed by atoms with Crippen LogP contribution in [-0.4, -0.2) is 28.5 Å². The van der Waals surface area contributed by atoms with Gasteiger partial charge in [0.1, 0.15) is 0 Å². The maximum atomic E-state index is 11.7. The number of nitrogens with one attached hydrogen (secondary N) is 1. The quantitative estimate of drug-likeness (QED) is 0.789. The molecular formula is C13H20N2O4. The molecule has 2 N–H and O–H groups in total. The number of aryl methyl sites for hydroxylation is 1. The second kappa shape index (κ2) is 6.36. The van der Waals surface area contributed by atoms with Crippen LogP contribution in [0.15, 0.2) is 10.8 Å². The molecule has 0 radical (unpaired) electrons. The van der Waals surface area contributed by atoms with Crippen molar-refractivity contribution in [1.82, 2.24) is 10.3 Å². The average molecular weight is 268 g/mol. The maximum absolute atomic E-state index is 11.7. The molecule has 0 spiro atoms. The zero-order chi connectivity index (χ0) is 14.5. The van der Waals surface area contributed by atoms with Gasteiger partial charge in [-0.05, 0) is 25.2 Å². The lowest BCUT2D eigenvalue weighted by Crippen LogP contribution is -2.28. The molecule has 0 aromatic carbocycles. The Labute approximate surface area is 112 Å². The highest BCUT2D eigenvalue weighted by molar-refractivity contribution is 5.92. The fourth-order valence-corrected chi connectivity index (χ4v) is 1.68. The number of hydrogen-bond donors (Lipinski definition) is 2. The number of rotatable bonds is 7. The molecule has 0 bridgehead atoms. The van der Waals surface area contributed by atoms with E-state index in [0.717, 1.165) is 0 Å². The first-order valence-corrected chi connectivity index (χ1v) is 6.22. The molecule has 1 rings (SSSR count). The van der Waals surface area contributed by atoms with E-state index >= 15 is 0 Å². The smallest absolute Gasteiger partial charge is 0.303 e. The average Bonchev–Trinajstić information content (AvgIpc) is 2.73. The third kappa shape index (κ3) is 5.11. The zero-order valence-electron chi connectivity index (χ0n) is 11.5. The van der Waals surface area contributed by atoms with Crippen LogP contribution >= 0.6 is 0 Å². The van der Waals surface area contributed by atoms with Crippen LogP contribution in [0.5, 0.6) is 0 Å². The monoisotopic (exact) mass is 268 g/mol. The van der Waals surface area contributed by atoms with Gasteiger partial charge in [0, 0.05) is 13.0 Å². The van der Waals surface area contributed by atoms with Gasteiger partial charge in [0.15, 0.2) is 6.39 Å². The third-order valence-electron chi connectivity index (χ3n) is 3.05. The molecule has 1 amide bonds. The lowest BCUT2D eigenvalue weighted by Gasteiger charge is -2.23. The summed E-state index contributed by atoms with van der Waals surface area (Å²) in [6.07, 6.45) is 2.67. The summed E-state index contributed by atoms with van der Waals surface area (Å²) in [5, 5.41) is 11.4. The predicted octanol–water partition coefficient (Wildman–Crippen LogP) is 1.99. The Kier molecular flexibility index (Phi) is 5.09. The van der Waals surface area contributed by atoms with Gasteiger partial charge in [-0.1, -0.05) is 13.8 Å². The van der Waals surface area contributed by atoms with Crippen molar-refractivity contribution in [2.75, 3.05) is 6.54 Å². The van der Waals surface area contributed by atoms with Gasteiger partial charge in [0.2, 0.25) is 5.76 Å². The molecule has 0 aliphatic rings. The molecule has 6 heteroatoms. The summed E-state index contributed by atoms with van der Waals surface area (Å²) in [6.45, 7) is 6.16. The minimum atomic E-state index is -0.797. The molecule has 6 nitrogen and oxygen atoms in total. The minimum absolute atomic E-state index is 0.123. The maximum Gasteiger partial charge on any atom is 0.303 e. The van der Waals surface area contributed by atoms with Crippen LogP contribution in [0.1, 0.15) is 49.4 Å². The number of carbonyl (C=O) groups is 2. The number of amides is 1. The van der Waals surface area contributed by atoms with Crippen LogP contribution in [-0.2, 0) is 4.79 Å². The molecule has 0 fully saturated rings. The Bertz CT molecular complexity index is 451. The second-order valence-corrected chi connectivity index (χ2v) is 5.33. The number of carbonyl (C=O) groups excluding carboxylic acids is 1. The summed E-state index contributed by atoms with van der Waals surface area (Å²) >= 11 is 0. The largest absolute Gasteiger partial charge is 0.481 e. The molecule has 0 unspecified atom stereocenters. The van der Waals surface area contributed by atoms with Gasteiger partial charge in [-0.25, -0.2) is 4.98 Å². The van der Waals surface area contributed by atoms with E-state index in [2.05, 4.69) is 10.3 Å². The van der Waals surface area contributed by atoms with E-state index in [1.807, 2.05) is 13.8 Å². The Morgan fingerprint density at radius 2 is 2.11 bits per heavy atom. The summed E-state index contributed by atoms with van der Waals surface area (Å²) < 4.78 is 4.99. The fraction of sp³-hybridized carbons (Fsp3) is 0.615. The van der Waals surface area contributed by atoms with Crippen molar-refractivity contribution >= 4 is 11.9 Å². The predicted molar refractivity (Wildman–Crippen MR) is 68.8 cm³/mol. The molecule has 106 valence electrons. The number of aliphatic carboxylic acids is 1. The van der Waals surface area contributed by atoms with Gasteiger partial charge in [0.25, 0.3) is 5.91 Å². The third-order valence-corrected chi connectivity index (χ3v) is 3.05. The number of hydrogen-bond acceptors (Lipinski definition) is 4. The first-order chi connectivity index (χ1) is 8.82. The standard InChI is InChI=1S/C13H20N2O4/c1-9-11(19-8-15-9)12(18)14-7-6-13(2,3)5-4-10(16)17/h8H,4-7H2,1-3H3,(H,14,18)(H,16,17). The summed E-state index contributed by atoms with van der Waals surface area (Å²) in [5.41, 5.74) is 0.435. The van der Waals surface area contributed by atoms with Crippen LogP contribution in [0.3, 0.4) is 0 Å². The molecule has 1 aromatic heterocycles. The number of aromatic nitrogens is 1. The van der Waals surface area contributed by atoms with E-state index in [-0.39, 0.29) is 23.5 Å². The molecule has 0 saturated heterocycles. The van der Waals surface area contributed by atoms with Gasteiger partial charge >= 0.3 is 5.97 Å². The van der Waals surface area contributed by atoms with E-state index in [1.165, 1.54) is 6.39 Å². The molecule has 0 aliphatic heterocycles. The minimum Gasteiger partial charge on any atom is -0.481 e. The highest BCUT2D eigenvalue weighted by atomic mass is 16.4. The van der Waals surface area contributed by atoms with Crippen molar-refractivity contribution in [2.45, 2.75) is 40.0 Å². The van der Waals surface area contributed by atoms with E-state index in [1.54, 1.807) is 6.92 Å². The molecule has 0 aliphatic carbocycles. The van der Waals surface area contributed by atoms with Crippen LogP contribution in [0.4, 0.5) is 0 Å². The molecule has 0 saturated carbocycles. The Morgan fingerprint density at radius 3 is 2.63 bits per heavy atom. The molecule has 19 heavy (non-hydrogen) atoms. The van der Waals surface area contributed by atoms with Crippen molar-refractivity contribution in [3.05, 3.63) is 17.8 Å². The Balaban J connectivity index is 2.35.